The van der Waals surface area contributed by atoms with Gasteiger partial charge >= 0.3 is 0 Å². The lowest BCUT2D eigenvalue weighted by Crippen LogP contribution is -2.34. The zero-order valence-corrected chi connectivity index (χ0v) is 8.81. The van der Waals surface area contributed by atoms with E-state index in [1.807, 2.05) is 5.51 Å². The SMILES string of the molecule is CCC1CCC(N)(c2cscn2)C1. The normalized spacial score (nSPS) is 33.8. The van der Waals surface area contributed by atoms with Crippen molar-refractivity contribution < 1.29 is 0 Å². The van der Waals surface area contributed by atoms with Crippen LogP contribution in [0, 0.1) is 5.92 Å². The number of nitrogens with two attached hydrogens (primary N) is 1. The third-order valence-corrected chi connectivity index (χ3v) is 3.76. The summed E-state index contributed by atoms with van der Waals surface area (Å²) in [6.07, 6.45) is 4.75. The molecule has 13 heavy (non-hydrogen) atoms. The molecule has 72 valence electrons. The summed E-state index contributed by atoms with van der Waals surface area (Å²) in [5, 5.41) is 2.10. The smallest absolute Gasteiger partial charge is 0.0795 e. The van der Waals surface area contributed by atoms with Gasteiger partial charge in [-0.3, -0.25) is 0 Å². The average Bonchev–Trinajstić information content (AvgIpc) is 2.72. The summed E-state index contributed by atoms with van der Waals surface area (Å²) in [5.41, 5.74) is 9.21. The Morgan fingerprint density at radius 3 is 3.15 bits per heavy atom. The van der Waals surface area contributed by atoms with Crippen LogP contribution in [0.25, 0.3) is 0 Å². The Balaban J connectivity index is 2.15. The second-order valence-electron chi connectivity index (χ2n) is 4.05. The van der Waals surface area contributed by atoms with E-state index in [-0.39, 0.29) is 5.54 Å². The fourth-order valence-corrected chi connectivity index (χ4v) is 2.88. The van der Waals surface area contributed by atoms with E-state index in [1.54, 1.807) is 11.3 Å². The Morgan fingerprint density at radius 2 is 2.62 bits per heavy atom. The maximum Gasteiger partial charge on any atom is 0.0795 e. The Kier molecular flexibility index (Phi) is 2.39. The summed E-state index contributed by atoms with van der Waals surface area (Å²) >= 11 is 1.64. The van der Waals surface area contributed by atoms with Crippen molar-refractivity contribution in [3.05, 3.63) is 16.6 Å². The maximum atomic E-state index is 6.33. The molecule has 2 unspecified atom stereocenters. The van der Waals surface area contributed by atoms with Gasteiger partial charge in [-0.25, -0.2) is 4.98 Å². The largest absolute Gasteiger partial charge is 0.320 e. The quantitative estimate of drug-likeness (QED) is 0.789. The highest BCUT2D eigenvalue weighted by Gasteiger charge is 2.37. The van der Waals surface area contributed by atoms with Gasteiger partial charge in [0.05, 0.1) is 16.7 Å². The van der Waals surface area contributed by atoms with Crippen molar-refractivity contribution in [2.24, 2.45) is 11.7 Å². The molecule has 1 aliphatic carbocycles. The summed E-state index contributed by atoms with van der Waals surface area (Å²) in [7, 11) is 0. The van der Waals surface area contributed by atoms with Crippen LogP contribution in [-0.2, 0) is 5.54 Å². The molecule has 0 radical (unpaired) electrons. The van der Waals surface area contributed by atoms with Gasteiger partial charge in [-0.15, -0.1) is 11.3 Å². The minimum absolute atomic E-state index is 0.110. The van der Waals surface area contributed by atoms with Crippen molar-refractivity contribution in [2.45, 2.75) is 38.1 Å². The molecule has 2 atom stereocenters. The van der Waals surface area contributed by atoms with Crippen LogP contribution < -0.4 is 5.73 Å². The van der Waals surface area contributed by atoms with Gasteiger partial charge in [0.1, 0.15) is 0 Å². The van der Waals surface area contributed by atoms with Gasteiger partial charge in [-0.1, -0.05) is 13.3 Å². The summed E-state index contributed by atoms with van der Waals surface area (Å²) < 4.78 is 0. The highest BCUT2D eigenvalue weighted by Crippen LogP contribution is 2.40. The van der Waals surface area contributed by atoms with Gasteiger partial charge in [0, 0.05) is 5.38 Å². The van der Waals surface area contributed by atoms with Gasteiger partial charge in [0.15, 0.2) is 0 Å². The van der Waals surface area contributed by atoms with E-state index in [0.717, 1.165) is 24.5 Å². The van der Waals surface area contributed by atoms with Gasteiger partial charge < -0.3 is 5.73 Å². The van der Waals surface area contributed by atoms with Gasteiger partial charge in [-0.05, 0) is 25.2 Å². The lowest BCUT2D eigenvalue weighted by atomic mass is 9.93. The van der Waals surface area contributed by atoms with Crippen molar-refractivity contribution in [2.75, 3.05) is 0 Å². The van der Waals surface area contributed by atoms with E-state index >= 15 is 0 Å². The van der Waals surface area contributed by atoms with Gasteiger partial charge in [0.2, 0.25) is 0 Å². The van der Waals surface area contributed by atoms with Crippen molar-refractivity contribution in [1.29, 1.82) is 0 Å². The molecule has 1 saturated carbocycles. The molecule has 0 amide bonds. The predicted molar refractivity (Wildman–Crippen MR) is 55.6 cm³/mol. The Hall–Kier alpha value is -0.410. The number of rotatable bonds is 2. The van der Waals surface area contributed by atoms with Crippen molar-refractivity contribution in [3.63, 3.8) is 0 Å². The second-order valence-corrected chi connectivity index (χ2v) is 4.77. The van der Waals surface area contributed by atoms with Crippen LogP contribution in [0.3, 0.4) is 0 Å². The number of hydrogen-bond donors (Lipinski definition) is 1. The van der Waals surface area contributed by atoms with E-state index in [0.29, 0.717) is 0 Å². The molecule has 0 aliphatic heterocycles. The molecule has 1 fully saturated rings. The molecule has 3 heteroatoms. The first-order valence-electron chi connectivity index (χ1n) is 4.92. The lowest BCUT2D eigenvalue weighted by molar-refractivity contribution is 0.416. The molecule has 0 bridgehead atoms. The average molecular weight is 196 g/mol. The lowest BCUT2D eigenvalue weighted by Gasteiger charge is -2.21. The van der Waals surface area contributed by atoms with Crippen molar-refractivity contribution in [1.82, 2.24) is 4.98 Å². The Labute approximate surface area is 83.2 Å². The summed E-state index contributed by atoms with van der Waals surface area (Å²) in [6, 6.07) is 0. The van der Waals surface area contributed by atoms with Crippen molar-refractivity contribution >= 4 is 11.3 Å². The number of aromatic nitrogens is 1. The maximum absolute atomic E-state index is 6.33. The molecular formula is C10H16N2S. The van der Waals surface area contributed by atoms with E-state index in [9.17, 15) is 0 Å². The number of thiazole rings is 1. The number of hydrogen-bond acceptors (Lipinski definition) is 3. The van der Waals surface area contributed by atoms with Crippen LogP contribution >= 0.6 is 11.3 Å². The van der Waals surface area contributed by atoms with Crippen LogP contribution in [0.4, 0.5) is 0 Å². The summed E-state index contributed by atoms with van der Waals surface area (Å²) in [6.45, 7) is 2.25. The minimum Gasteiger partial charge on any atom is -0.320 e. The Morgan fingerprint density at radius 1 is 1.77 bits per heavy atom. The van der Waals surface area contributed by atoms with E-state index < -0.39 is 0 Å². The van der Waals surface area contributed by atoms with Crippen LogP contribution in [-0.4, -0.2) is 4.98 Å². The minimum atomic E-state index is -0.110. The molecule has 0 saturated heterocycles. The number of nitrogens with zero attached hydrogens (tertiary/aromatic N) is 1. The zero-order chi connectivity index (χ0) is 9.31. The Bertz CT molecular complexity index is 270. The molecule has 1 aromatic rings. The van der Waals surface area contributed by atoms with E-state index in [1.165, 1.54) is 12.8 Å². The molecule has 2 nitrogen and oxygen atoms in total. The standard InChI is InChI=1S/C10H16N2S/c1-2-8-3-4-10(11,5-8)9-6-13-7-12-9/h6-8H,2-5,11H2,1H3. The fourth-order valence-electron chi connectivity index (χ4n) is 2.22. The molecule has 1 aromatic heterocycles. The molecule has 2 rings (SSSR count). The third-order valence-electron chi connectivity index (χ3n) is 3.17. The first kappa shape index (κ1) is 9.16. The summed E-state index contributed by atoms with van der Waals surface area (Å²) in [5.74, 6) is 0.812. The third kappa shape index (κ3) is 1.63. The second kappa shape index (κ2) is 3.39. The topological polar surface area (TPSA) is 38.9 Å². The monoisotopic (exact) mass is 196 g/mol. The molecule has 2 N–H and O–H groups in total. The first-order chi connectivity index (χ1) is 6.24. The van der Waals surface area contributed by atoms with Crippen LogP contribution in [0.15, 0.2) is 10.9 Å². The highest BCUT2D eigenvalue weighted by atomic mass is 32.1. The molecule has 1 heterocycles. The predicted octanol–water partition coefficient (Wildman–Crippen LogP) is 2.51. The van der Waals surface area contributed by atoms with Crippen LogP contribution in [0.1, 0.15) is 38.3 Å². The van der Waals surface area contributed by atoms with E-state index in [4.69, 9.17) is 5.73 Å². The van der Waals surface area contributed by atoms with Gasteiger partial charge in [0.25, 0.3) is 0 Å². The summed E-state index contributed by atoms with van der Waals surface area (Å²) in [4.78, 5) is 4.33. The zero-order valence-electron chi connectivity index (χ0n) is 7.99. The van der Waals surface area contributed by atoms with Crippen molar-refractivity contribution in [3.8, 4) is 0 Å². The van der Waals surface area contributed by atoms with Gasteiger partial charge in [-0.2, -0.15) is 0 Å². The first-order valence-corrected chi connectivity index (χ1v) is 5.86. The van der Waals surface area contributed by atoms with Crippen LogP contribution in [0.5, 0.6) is 0 Å². The van der Waals surface area contributed by atoms with E-state index in [2.05, 4.69) is 17.3 Å². The molecular weight excluding hydrogens is 180 g/mol. The van der Waals surface area contributed by atoms with Crippen LogP contribution in [0.2, 0.25) is 0 Å². The highest BCUT2D eigenvalue weighted by molar-refractivity contribution is 7.07. The molecule has 0 aromatic carbocycles. The fraction of sp³-hybridized carbons (Fsp3) is 0.700. The molecule has 1 aliphatic rings. The molecule has 0 spiro atoms.